The lowest BCUT2D eigenvalue weighted by atomic mass is 10.1. The van der Waals surface area contributed by atoms with Crippen LogP contribution in [0.25, 0.3) is 96.8 Å². The summed E-state index contributed by atoms with van der Waals surface area (Å²) in [5, 5.41) is 17.0. The largest absolute Gasteiger partial charge is 0.481 e. The third-order valence-electron chi connectivity index (χ3n) is 26.5. The highest BCUT2D eigenvalue weighted by molar-refractivity contribution is 7.89. The number of methoxy groups -OCH3 is 1. The molecule has 13 aromatic rings. The first kappa shape index (κ1) is 96.6. The monoisotopic (exact) mass is 2000 g/mol. The summed E-state index contributed by atoms with van der Waals surface area (Å²) < 4.78 is 111. The zero-order valence-corrected chi connectivity index (χ0v) is 84.3. The Morgan fingerprint density at radius 1 is 0.353 bits per heavy atom. The zero-order valence-electron chi connectivity index (χ0n) is 77.7. The molecule has 8 aliphatic heterocycles. The van der Waals surface area contributed by atoms with E-state index in [0.717, 1.165) is 286 Å². The van der Waals surface area contributed by atoms with E-state index >= 15 is 0 Å². The van der Waals surface area contributed by atoms with Crippen LogP contribution in [0.5, 0.6) is 5.88 Å². The second kappa shape index (κ2) is 42.2. The maximum absolute atomic E-state index is 11.9. The third kappa shape index (κ3) is 22.7. The number of piperazine rings is 4. The topological polar surface area (TPSA) is 420 Å². The standard InChI is InChI=1S/C24H29N7O2S2.C23H30N6O3S2.C22H30N8O2S2.C22H29N7O2S2/c1-35(32,33)31-11-9-29(10-12-31)15-19-16-34-23-21(17-5-6-18-14-25-28-20(18)13-17)26-24(27-22(19)23)30-7-3-2-4-8-30;1-32-19-7-6-17(14-24-19)20-22-21(26-23(25-20)28-8-4-3-5-9-28)18(16-33-22)15-27-10-12-29(13-11-27)34(2,30)31;1-15-17(12-24-21(23)25-15)19-20-18(26-22(27-19)29-6-4-3-5-7-29)16(14-33-20)13-28-8-10-30(11-9-28)34(2,31)32;1-33(30,31)29-11-9-27(10-12-29)14-17-15-32-21-19(16-5-6-18(23)24-13-16)25-22(26-20(17)21)28-7-3-2-4-8-28/h5-6,13-14,16H,2-4,7-12,15H2,1H3,(H,25,28);6-7,14,16H,3-5,8-13,15H2,1-2H3;12,14H,3-11,13H2,1-2H3,(H2,23,24,25);5-6,13,15H,2-4,7-12,14H2,1H3,(H2,23,24). The van der Waals surface area contributed by atoms with Gasteiger partial charge in [-0.2, -0.15) is 22.3 Å². The number of aryl methyl sites for hydroxylation is 1. The van der Waals surface area contributed by atoms with Crippen molar-refractivity contribution in [2.24, 2.45) is 0 Å². The lowest BCUT2D eigenvalue weighted by Crippen LogP contribution is -2.47. The molecule has 45 heteroatoms. The number of thiophene rings is 4. The molecule has 20 heterocycles. The molecule has 724 valence electrons. The van der Waals surface area contributed by atoms with Crippen molar-refractivity contribution in [1.29, 1.82) is 0 Å². The summed E-state index contributed by atoms with van der Waals surface area (Å²) in [6, 6.07) is 13.9. The predicted octanol–water partition coefficient (Wildman–Crippen LogP) is 10.6. The number of piperidine rings is 4. The molecular weight excluding hydrogens is 1890 g/mol. The van der Waals surface area contributed by atoms with Crippen molar-refractivity contribution in [2.75, 3.05) is 220 Å². The lowest BCUT2D eigenvalue weighted by Gasteiger charge is -2.33. The van der Waals surface area contributed by atoms with Gasteiger partial charge in [0.2, 0.25) is 75.7 Å². The van der Waals surface area contributed by atoms with Gasteiger partial charge in [0.05, 0.1) is 113 Å². The van der Waals surface area contributed by atoms with Gasteiger partial charge in [-0.1, -0.05) is 12.1 Å². The van der Waals surface area contributed by atoms with Crippen LogP contribution in [0.4, 0.5) is 35.6 Å². The number of sulfonamides is 4. The van der Waals surface area contributed by atoms with E-state index in [1.165, 1.54) is 56.3 Å². The van der Waals surface area contributed by atoms with E-state index in [4.69, 9.17) is 56.1 Å². The minimum absolute atomic E-state index is 0.253. The van der Waals surface area contributed by atoms with Crippen molar-refractivity contribution in [3.63, 3.8) is 0 Å². The fraction of sp³-hybridized carbons (Fsp3) is 0.505. The lowest BCUT2D eigenvalue weighted by molar-refractivity contribution is 0.182. The van der Waals surface area contributed by atoms with Gasteiger partial charge in [0.15, 0.2) is 0 Å². The summed E-state index contributed by atoms with van der Waals surface area (Å²) >= 11 is 6.63. The number of rotatable bonds is 21. The van der Waals surface area contributed by atoms with Gasteiger partial charge in [0, 0.05) is 258 Å². The molecule has 21 rings (SSSR count). The van der Waals surface area contributed by atoms with E-state index < -0.39 is 40.1 Å². The van der Waals surface area contributed by atoms with Crippen molar-refractivity contribution < 1.29 is 38.4 Å². The summed E-state index contributed by atoms with van der Waals surface area (Å²) in [6.07, 6.45) is 26.5. The molecule has 136 heavy (non-hydrogen) atoms. The molecule has 5 N–H and O–H groups in total. The van der Waals surface area contributed by atoms with Crippen molar-refractivity contribution in [1.82, 2.24) is 107 Å². The number of aromatic amines is 1. The number of nitrogens with two attached hydrogens (primary N) is 2. The van der Waals surface area contributed by atoms with Crippen LogP contribution in [0.3, 0.4) is 0 Å². The number of H-pyrrole nitrogens is 1. The van der Waals surface area contributed by atoms with E-state index in [-0.39, 0.29) is 5.95 Å². The molecule has 0 aliphatic carbocycles. The molecule has 0 atom stereocenters. The zero-order chi connectivity index (χ0) is 94.6. The average Bonchev–Trinajstić information content (AvgIpc) is 1.60. The number of hydrogen-bond acceptors (Lipinski definition) is 36. The predicted molar refractivity (Wildman–Crippen MR) is 543 cm³/mol. The Bertz CT molecular complexity index is 6870. The average molecular weight is 2000 g/mol. The molecule has 0 spiro atoms. The van der Waals surface area contributed by atoms with Crippen LogP contribution in [0.1, 0.15) is 105 Å². The van der Waals surface area contributed by atoms with Gasteiger partial charge in [-0.15, -0.1) is 45.3 Å². The third-order valence-corrected chi connectivity index (χ3v) is 35.8. The Morgan fingerprint density at radius 2 is 0.676 bits per heavy atom. The second-order valence-corrected chi connectivity index (χ2v) is 47.6. The molecule has 0 radical (unpaired) electrons. The minimum Gasteiger partial charge on any atom is -0.481 e. The van der Waals surface area contributed by atoms with E-state index in [1.807, 2.05) is 37.5 Å². The molecular formula is C91H118N28O9S8. The number of nitrogens with zero attached hydrogens (tertiary/aromatic N) is 25. The number of fused-ring (bicyclic) bond motifs is 5. The van der Waals surface area contributed by atoms with Gasteiger partial charge in [0.1, 0.15) is 5.82 Å². The Kier molecular flexibility index (Phi) is 29.9. The number of anilines is 6. The highest BCUT2D eigenvalue weighted by atomic mass is 32.2. The van der Waals surface area contributed by atoms with Crippen LogP contribution in [0.2, 0.25) is 0 Å². The van der Waals surface area contributed by atoms with Crippen molar-refractivity contribution >= 4 is 173 Å². The van der Waals surface area contributed by atoms with E-state index in [9.17, 15) is 33.7 Å². The second-order valence-electron chi connectivity index (χ2n) is 36.1. The molecule has 12 aromatic heterocycles. The normalized spacial score (nSPS) is 18.6. The Hall–Kier alpha value is -9.69. The van der Waals surface area contributed by atoms with Crippen LogP contribution >= 0.6 is 45.3 Å². The van der Waals surface area contributed by atoms with Crippen LogP contribution < -0.4 is 35.8 Å². The van der Waals surface area contributed by atoms with Crippen molar-refractivity contribution in [3.8, 4) is 50.9 Å². The summed E-state index contributed by atoms with van der Waals surface area (Å²) in [5.74, 6) is 4.42. The Labute approximate surface area is 810 Å². The van der Waals surface area contributed by atoms with Crippen molar-refractivity contribution in [3.05, 3.63) is 117 Å². The Balaban J connectivity index is 0.000000121. The maximum atomic E-state index is 11.9. The van der Waals surface area contributed by atoms with Gasteiger partial charge in [-0.25, -0.2) is 93.5 Å². The molecule has 8 aliphatic rings. The molecule has 0 bridgehead atoms. The van der Waals surface area contributed by atoms with Gasteiger partial charge >= 0.3 is 0 Å². The van der Waals surface area contributed by atoms with Gasteiger partial charge in [-0.3, -0.25) is 24.7 Å². The smallest absolute Gasteiger partial charge is 0.226 e. The summed E-state index contributed by atoms with van der Waals surface area (Å²) in [4.78, 5) is 75.9. The highest BCUT2D eigenvalue weighted by Crippen LogP contribution is 2.43. The summed E-state index contributed by atoms with van der Waals surface area (Å²) in [5.41, 5.74) is 29.4. The van der Waals surface area contributed by atoms with Crippen LogP contribution in [-0.2, 0) is 66.3 Å². The highest BCUT2D eigenvalue weighted by Gasteiger charge is 2.33. The summed E-state index contributed by atoms with van der Waals surface area (Å²) in [7, 11) is -10.9. The Morgan fingerprint density at radius 3 is 0.993 bits per heavy atom. The van der Waals surface area contributed by atoms with Gasteiger partial charge in [-0.05, 0) is 130 Å². The van der Waals surface area contributed by atoms with Crippen LogP contribution in [-0.4, -0.2) is 330 Å². The fourth-order valence-corrected chi connectivity index (χ4v) is 26.1. The van der Waals surface area contributed by atoms with Crippen LogP contribution in [0.15, 0.2) is 88.8 Å². The minimum atomic E-state index is -3.15. The number of benzene rings is 1. The fourth-order valence-electron chi connectivity index (χ4n) is 18.8. The number of ether oxygens (including phenoxy) is 1. The van der Waals surface area contributed by atoms with E-state index in [2.05, 4.69) is 109 Å². The molecule has 8 saturated heterocycles. The number of aromatic nitrogens is 14. The SMILES string of the molecule is COc1ccc(-c2nc(N3CCCCC3)nc3c(CN4CCN(S(C)(=O)=O)CC4)csc23)cn1.CS(=O)(=O)N1CCN(Cc2csc3c(-c4ccc(N)nc4)nc(N4CCCCC4)nc23)CC1.CS(=O)(=O)N1CCN(Cc2csc3c(-c4ccc5cn[nH]c5c4)nc(N4CCCCC4)nc23)CC1.Cc1nc(N)ncc1-c1nc(N2CCCCC2)nc2c(CN3CCN(S(C)(=O)=O)CC3)csc12. The quantitative estimate of drug-likeness (QED) is 0.0601. The van der Waals surface area contributed by atoms with Crippen LogP contribution in [0, 0.1) is 6.92 Å². The molecule has 8 fully saturated rings. The van der Waals surface area contributed by atoms with Gasteiger partial charge < -0.3 is 35.8 Å². The number of nitrogens with one attached hydrogen (secondary N) is 1. The van der Waals surface area contributed by atoms with E-state index in [0.29, 0.717) is 103 Å². The molecule has 0 saturated carbocycles. The number of pyridine rings is 2. The van der Waals surface area contributed by atoms with Gasteiger partial charge in [0.25, 0.3) is 0 Å². The molecule has 0 amide bonds. The molecule has 37 nitrogen and oxygen atoms in total. The van der Waals surface area contributed by atoms with E-state index in [1.54, 1.807) is 88.1 Å². The maximum Gasteiger partial charge on any atom is 0.226 e. The van der Waals surface area contributed by atoms with Crippen molar-refractivity contribution in [2.45, 2.75) is 110 Å². The first-order valence-electron chi connectivity index (χ1n) is 46.6. The molecule has 1 aromatic carbocycles. The summed E-state index contributed by atoms with van der Waals surface area (Å²) in [6.45, 7) is 22.5. The number of nitrogen functional groups attached to an aromatic ring is 2. The first-order valence-corrected chi connectivity index (χ1v) is 57.5. The first-order chi connectivity index (χ1) is 65.5. The number of hydrogen-bond donors (Lipinski definition) is 3. The molecule has 0 unspecified atom stereocenters.